The summed E-state index contributed by atoms with van der Waals surface area (Å²) in [5, 5.41) is 0. The molecule has 1 heterocycles. The standard InChI is InChI=1S/C13H13NO/c1-9(2)7-12-13(15)8-10-5-3-4-6-11(10)14-12/h3-7H,8H2,1-2H3. The Hall–Kier alpha value is -1.70. The van der Waals surface area contributed by atoms with Crippen molar-refractivity contribution in [1.29, 1.82) is 0 Å². The van der Waals surface area contributed by atoms with Crippen molar-refractivity contribution in [3.05, 3.63) is 41.5 Å². The Labute approximate surface area is 89.3 Å². The fraction of sp³-hybridized carbons (Fsp3) is 0.231. The number of para-hydroxylation sites is 1. The van der Waals surface area contributed by atoms with Crippen LogP contribution in [-0.4, -0.2) is 11.5 Å². The van der Waals surface area contributed by atoms with Gasteiger partial charge in [-0.1, -0.05) is 23.8 Å². The van der Waals surface area contributed by atoms with Gasteiger partial charge in [0.2, 0.25) is 0 Å². The van der Waals surface area contributed by atoms with E-state index in [-0.39, 0.29) is 5.78 Å². The lowest BCUT2D eigenvalue weighted by Gasteiger charge is -2.12. The number of nitrogens with zero attached hydrogens (tertiary/aromatic N) is 1. The number of hydrogen-bond donors (Lipinski definition) is 0. The van der Waals surface area contributed by atoms with Crippen LogP contribution < -0.4 is 0 Å². The van der Waals surface area contributed by atoms with Crippen LogP contribution in [0.3, 0.4) is 0 Å². The number of carbonyl (C=O) groups excluding carboxylic acids is 1. The van der Waals surface area contributed by atoms with E-state index in [4.69, 9.17) is 0 Å². The molecule has 1 aliphatic heterocycles. The molecule has 15 heavy (non-hydrogen) atoms. The van der Waals surface area contributed by atoms with Crippen LogP contribution >= 0.6 is 0 Å². The second-order valence-corrected chi connectivity index (χ2v) is 3.95. The summed E-state index contributed by atoms with van der Waals surface area (Å²) in [6.07, 6.45) is 2.32. The molecule has 0 radical (unpaired) electrons. The summed E-state index contributed by atoms with van der Waals surface area (Å²) in [5.41, 5.74) is 3.62. The fourth-order valence-corrected chi connectivity index (χ4v) is 1.61. The lowest BCUT2D eigenvalue weighted by molar-refractivity contribution is -0.112. The lowest BCUT2D eigenvalue weighted by atomic mass is 9.99. The average molecular weight is 199 g/mol. The first kappa shape index (κ1) is 9.84. The molecule has 0 amide bonds. The molecule has 0 saturated heterocycles. The summed E-state index contributed by atoms with van der Waals surface area (Å²) in [7, 11) is 0. The van der Waals surface area contributed by atoms with Gasteiger partial charge in [0.15, 0.2) is 5.78 Å². The fourth-order valence-electron chi connectivity index (χ4n) is 1.61. The van der Waals surface area contributed by atoms with E-state index in [1.54, 1.807) is 0 Å². The molecule has 1 aromatic rings. The molecule has 0 fully saturated rings. The van der Waals surface area contributed by atoms with Crippen molar-refractivity contribution < 1.29 is 4.79 Å². The Kier molecular flexibility index (Phi) is 2.50. The highest BCUT2D eigenvalue weighted by molar-refractivity contribution is 6.46. The number of fused-ring (bicyclic) bond motifs is 1. The Morgan fingerprint density at radius 1 is 1.33 bits per heavy atom. The van der Waals surface area contributed by atoms with Crippen molar-refractivity contribution in [2.75, 3.05) is 0 Å². The molecule has 2 heteroatoms. The second kappa shape index (κ2) is 3.81. The third-order valence-electron chi connectivity index (χ3n) is 2.29. The number of Topliss-reactive ketones (excluding diaryl/α,β-unsaturated/α-hetero) is 1. The molecular weight excluding hydrogens is 186 g/mol. The predicted octanol–water partition coefficient (Wildman–Crippen LogP) is 2.85. The number of aliphatic imine (C=N–C) groups is 1. The molecule has 2 nitrogen and oxygen atoms in total. The van der Waals surface area contributed by atoms with Gasteiger partial charge in [0, 0.05) is 6.42 Å². The van der Waals surface area contributed by atoms with Crippen LogP contribution in [0.2, 0.25) is 0 Å². The number of benzene rings is 1. The van der Waals surface area contributed by atoms with Gasteiger partial charge in [0.05, 0.1) is 5.69 Å². The number of rotatable bonds is 1. The van der Waals surface area contributed by atoms with Gasteiger partial charge in [-0.25, -0.2) is 4.99 Å². The quantitative estimate of drug-likeness (QED) is 0.683. The average Bonchev–Trinajstić information content (AvgIpc) is 2.18. The third kappa shape index (κ3) is 2.04. The van der Waals surface area contributed by atoms with E-state index in [9.17, 15) is 4.79 Å². The molecule has 0 bridgehead atoms. The number of carbonyl (C=O) groups is 1. The van der Waals surface area contributed by atoms with E-state index in [0.717, 1.165) is 16.8 Å². The molecule has 1 aliphatic rings. The summed E-state index contributed by atoms with van der Waals surface area (Å²) >= 11 is 0. The minimum absolute atomic E-state index is 0.106. The van der Waals surface area contributed by atoms with Crippen LogP contribution in [0.1, 0.15) is 19.4 Å². The van der Waals surface area contributed by atoms with Crippen LogP contribution in [0.4, 0.5) is 5.69 Å². The van der Waals surface area contributed by atoms with E-state index >= 15 is 0 Å². The maximum Gasteiger partial charge on any atom is 0.185 e. The van der Waals surface area contributed by atoms with E-state index in [2.05, 4.69) is 4.99 Å². The summed E-state index contributed by atoms with van der Waals surface area (Å²) in [4.78, 5) is 16.1. The minimum Gasteiger partial charge on any atom is -0.292 e. The molecule has 76 valence electrons. The molecule has 0 aliphatic carbocycles. The Morgan fingerprint density at radius 2 is 2.07 bits per heavy atom. The first-order chi connectivity index (χ1) is 7.16. The Balaban J connectivity index is 2.47. The van der Waals surface area contributed by atoms with Crippen molar-refractivity contribution in [3.63, 3.8) is 0 Å². The van der Waals surface area contributed by atoms with Crippen LogP contribution in [0.25, 0.3) is 0 Å². The second-order valence-electron chi connectivity index (χ2n) is 3.95. The smallest absolute Gasteiger partial charge is 0.185 e. The molecule has 1 aromatic carbocycles. The summed E-state index contributed by atoms with van der Waals surface area (Å²) in [6.45, 7) is 3.94. The number of allylic oxidation sites excluding steroid dienone is 2. The molecule has 0 aromatic heterocycles. The lowest BCUT2D eigenvalue weighted by Crippen LogP contribution is -2.18. The maximum absolute atomic E-state index is 11.7. The summed E-state index contributed by atoms with van der Waals surface area (Å²) in [6, 6.07) is 7.78. The predicted molar refractivity (Wildman–Crippen MR) is 61.7 cm³/mol. The van der Waals surface area contributed by atoms with E-state index in [1.165, 1.54) is 0 Å². The third-order valence-corrected chi connectivity index (χ3v) is 2.29. The number of ketones is 1. The topological polar surface area (TPSA) is 29.4 Å². The van der Waals surface area contributed by atoms with Gasteiger partial charge >= 0.3 is 0 Å². The van der Waals surface area contributed by atoms with Crippen molar-refractivity contribution in [3.8, 4) is 0 Å². The molecule has 0 saturated carbocycles. The highest BCUT2D eigenvalue weighted by Gasteiger charge is 2.17. The Bertz CT molecular complexity index is 465. The zero-order valence-corrected chi connectivity index (χ0v) is 8.95. The van der Waals surface area contributed by atoms with Gasteiger partial charge in [-0.05, 0) is 31.6 Å². The highest BCUT2D eigenvalue weighted by atomic mass is 16.1. The zero-order valence-electron chi connectivity index (χ0n) is 8.95. The molecule has 2 rings (SSSR count). The van der Waals surface area contributed by atoms with Gasteiger partial charge in [0.25, 0.3) is 0 Å². The van der Waals surface area contributed by atoms with Gasteiger partial charge in [-0.2, -0.15) is 0 Å². The van der Waals surface area contributed by atoms with E-state index < -0.39 is 0 Å². The van der Waals surface area contributed by atoms with Gasteiger partial charge in [-0.15, -0.1) is 0 Å². The molecular formula is C13H13NO. The molecule has 0 N–H and O–H groups in total. The van der Waals surface area contributed by atoms with Crippen molar-refractivity contribution in [2.45, 2.75) is 20.3 Å². The van der Waals surface area contributed by atoms with Gasteiger partial charge in [0.1, 0.15) is 5.71 Å². The van der Waals surface area contributed by atoms with Crippen molar-refractivity contribution >= 4 is 17.2 Å². The zero-order chi connectivity index (χ0) is 10.8. The van der Waals surface area contributed by atoms with Crippen molar-refractivity contribution in [1.82, 2.24) is 0 Å². The Morgan fingerprint density at radius 3 is 2.80 bits per heavy atom. The molecule has 0 spiro atoms. The van der Waals surface area contributed by atoms with Crippen LogP contribution in [-0.2, 0) is 11.2 Å². The van der Waals surface area contributed by atoms with E-state index in [0.29, 0.717) is 12.1 Å². The minimum atomic E-state index is 0.106. The largest absolute Gasteiger partial charge is 0.292 e. The van der Waals surface area contributed by atoms with Gasteiger partial charge in [-0.3, -0.25) is 4.79 Å². The SMILES string of the molecule is CC(C)=CC1=Nc2ccccc2CC1=O. The monoisotopic (exact) mass is 199 g/mol. The maximum atomic E-state index is 11.7. The summed E-state index contributed by atoms with van der Waals surface area (Å²) < 4.78 is 0. The van der Waals surface area contributed by atoms with Gasteiger partial charge < -0.3 is 0 Å². The van der Waals surface area contributed by atoms with Crippen LogP contribution in [0.15, 0.2) is 40.9 Å². The first-order valence-corrected chi connectivity index (χ1v) is 5.01. The summed E-state index contributed by atoms with van der Waals surface area (Å²) in [5.74, 6) is 0.106. The molecule has 0 atom stereocenters. The normalized spacial score (nSPS) is 14.3. The van der Waals surface area contributed by atoms with Crippen LogP contribution in [0, 0.1) is 0 Å². The number of hydrogen-bond acceptors (Lipinski definition) is 2. The molecule has 0 unspecified atom stereocenters. The van der Waals surface area contributed by atoms with E-state index in [1.807, 2.05) is 44.2 Å². The van der Waals surface area contributed by atoms with Crippen LogP contribution in [0.5, 0.6) is 0 Å². The van der Waals surface area contributed by atoms with Crippen molar-refractivity contribution in [2.24, 2.45) is 4.99 Å². The highest BCUT2D eigenvalue weighted by Crippen LogP contribution is 2.24. The first-order valence-electron chi connectivity index (χ1n) is 5.01.